The van der Waals surface area contributed by atoms with Gasteiger partial charge in [-0.3, -0.25) is 0 Å². The fourth-order valence-corrected chi connectivity index (χ4v) is 2.76. The topological polar surface area (TPSA) is 3.24 Å². The molecule has 0 aromatic carbocycles. The molecule has 0 aromatic rings. The summed E-state index contributed by atoms with van der Waals surface area (Å²) in [7, 11) is 2.30. The maximum Gasteiger partial charge on any atom is 0.0118 e. The van der Waals surface area contributed by atoms with Crippen LogP contribution in [0.1, 0.15) is 33.1 Å². The molecule has 70 valence electrons. The molecule has 2 unspecified atom stereocenters. The smallest absolute Gasteiger partial charge is 0.0118 e. The second-order valence-electron chi connectivity index (χ2n) is 5.08. The summed E-state index contributed by atoms with van der Waals surface area (Å²) >= 11 is 0. The highest BCUT2D eigenvalue weighted by molar-refractivity contribution is 4.92. The fourth-order valence-electron chi connectivity index (χ4n) is 2.76. The molecule has 1 heteroatoms. The van der Waals surface area contributed by atoms with Gasteiger partial charge in [-0.2, -0.15) is 0 Å². The largest absolute Gasteiger partial charge is 0.303 e. The minimum absolute atomic E-state index is 0.846. The van der Waals surface area contributed by atoms with Gasteiger partial charge in [-0.1, -0.05) is 13.8 Å². The first-order chi connectivity index (χ1) is 5.68. The van der Waals surface area contributed by atoms with Crippen LogP contribution in [-0.2, 0) is 0 Å². The molecule has 1 aliphatic carbocycles. The highest BCUT2D eigenvalue weighted by atomic mass is 15.2. The minimum atomic E-state index is 0.846. The summed E-state index contributed by atoms with van der Waals surface area (Å²) in [6.07, 6.45) is 4.51. The van der Waals surface area contributed by atoms with Crippen molar-refractivity contribution in [1.29, 1.82) is 0 Å². The van der Waals surface area contributed by atoms with Crippen LogP contribution >= 0.6 is 0 Å². The molecule has 1 nitrogen and oxygen atoms in total. The van der Waals surface area contributed by atoms with Crippen LogP contribution in [0.3, 0.4) is 0 Å². The van der Waals surface area contributed by atoms with E-state index in [1.54, 1.807) is 0 Å². The normalized spacial score (nSPS) is 38.0. The van der Waals surface area contributed by atoms with Gasteiger partial charge in [0.1, 0.15) is 0 Å². The number of hydrogen-bond donors (Lipinski definition) is 0. The van der Waals surface area contributed by atoms with E-state index in [1.165, 1.54) is 25.8 Å². The maximum atomic E-state index is 2.58. The Balaban J connectivity index is 1.92. The lowest BCUT2D eigenvalue weighted by Gasteiger charge is -2.22. The summed E-state index contributed by atoms with van der Waals surface area (Å²) in [6, 6.07) is 0.871. The maximum absolute atomic E-state index is 2.58. The van der Waals surface area contributed by atoms with Crippen LogP contribution in [0, 0.1) is 17.8 Å². The fraction of sp³-hybridized carbons (Fsp3) is 1.00. The van der Waals surface area contributed by atoms with Crippen LogP contribution in [-0.4, -0.2) is 24.5 Å². The quantitative estimate of drug-likeness (QED) is 0.610. The predicted molar refractivity (Wildman–Crippen MR) is 52.1 cm³/mol. The van der Waals surface area contributed by atoms with Crippen molar-refractivity contribution in [2.75, 3.05) is 13.6 Å². The molecule has 0 amide bonds. The van der Waals surface area contributed by atoms with Crippen molar-refractivity contribution < 1.29 is 0 Å². The van der Waals surface area contributed by atoms with Gasteiger partial charge in [-0.05, 0) is 44.1 Å². The summed E-state index contributed by atoms with van der Waals surface area (Å²) in [5.41, 5.74) is 0. The van der Waals surface area contributed by atoms with E-state index in [4.69, 9.17) is 0 Å². The molecule has 2 atom stereocenters. The second kappa shape index (κ2) is 3.02. The van der Waals surface area contributed by atoms with Crippen LogP contribution in [0.25, 0.3) is 0 Å². The van der Waals surface area contributed by atoms with Gasteiger partial charge < -0.3 is 4.90 Å². The Kier molecular flexibility index (Phi) is 2.16. The highest BCUT2D eigenvalue weighted by Crippen LogP contribution is 2.43. The first-order valence-electron chi connectivity index (χ1n) is 5.38. The average Bonchev–Trinajstić information content (AvgIpc) is 2.75. The van der Waals surface area contributed by atoms with Gasteiger partial charge in [-0.25, -0.2) is 0 Å². The molecule has 0 spiro atoms. The monoisotopic (exact) mass is 167 g/mol. The van der Waals surface area contributed by atoms with E-state index < -0.39 is 0 Å². The zero-order valence-corrected chi connectivity index (χ0v) is 8.59. The van der Waals surface area contributed by atoms with Crippen molar-refractivity contribution in [3.63, 3.8) is 0 Å². The van der Waals surface area contributed by atoms with Gasteiger partial charge >= 0.3 is 0 Å². The lowest BCUT2D eigenvalue weighted by atomic mass is 9.95. The average molecular weight is 167 g/mol. The molecule has 2 fully saturated rings. The molecule has 0 radical (unpaired) electrons. The molecule has 1 aliphatic heterocycles. The van der Waals surface area contributed by atoms with E-state index in [-0.39, 0.29) is 0 Å². The Hall–Kier alpha value is -0.0400. The first-order valence-corrected chi connectivity index (χ1v) is 5.38. The highest BCUT2D eigenvalue weighted by Gasteiger charge is 2.39. The Labute approximate surface area is 76.1 Å². The van der Waals surface area contributed by atoms with Gasteiger partial charge in [-0.15, -0.1) is 0 Å². The zero-order chi connectivity index (χ0) is 8.72. The van der Waals surface area contributed by atoms with E-state index in [0.717, 1.165) is 23.8 Å². The Morgan fingerprint density at radius 1 is 1.17 bits per heavy atom. The predicted octanol–water partition coefficient (Wildman–Crippen LogP) is 2.37. The number of likely N-dealkylation sites (tertiary alicyclic amines) is 1. The second-order valence-corrected chi connectivity index (χ2v) is 5.08. The molecular formula is C11H21N. The number of hydrogen-bond acceptors (Lipinski definition) is 1. The van der Waals surface area contributed by atoms with Crippen LogP contribution < -0.4 is 0 Å². The SMILES string of the molecule is CC(C)C1CC(C2CC2)CN1C. The molecule has 0 bridgehead atoms. The lowest BCUT2D eigenvalue weighted by molar-refractivity contribution is 0.249. The van der Waals surface area contributed by atoms with E-state index in [9.17, 15) is 0 Å². The van der Waals surface area contributed by atoms with Crippen molar-refractivity contribution in [3.05, 3.63) is 0 Å². The third-order valence-electron chi connectivity index (χ3n) is 3.69. The van der Waals surface area contributed by atoms with Crippen molar-refractivity contribution in [2.24, 2.45) is 17.8 Å². The molecule has 1 heterocycles. The molecule has 1 saturated heterocycles. The van der Waals surface area contributed by atoms with E-state index in [2.05, 4.69) is 25.8 Å². The van der Waals surface area contributed by atoms with Crippen LogP contribution in [0.4, 0.5) is 0 Å². The van der Waals surface area contributed by atoms with Crippen LogP contribution in [0.15, 0.2) is 0 Å². The Morgan fingerprint density at radius 3 is 2.25 bits per heavy atom. The third kappa shape index (κ3) is 1.52. The summed E-state index contributed by atoms with van der Waals surface area (Å²) in [5.74, 6) is 3.00. The summed E-state index contributed by atoms with van der Waals surface area (Å²) in [5, 5.41) is 0. The van der Waals surface area contributed by atoms with E-state index in [1.807, 2.05) is 0 Å². The molecule has 2 rings (SSSR count). The van der Waals surface area contributed by atoms with Gasteiger partial charge in [0.25, 0.3) is 0 Å². The minimum Gasteiger partial charge on any atom is -0.303 e. The number of rotatable bonds is 2. The third-order valence-corrected chi connectivity index (χ3v) is 3.69. The Bertz CT molecular complexity index is 160. The van der Waals surface area contributed by atoms with E-state index in [0.29, 0.717) is 0 Å². The van der Waals surface area contributed by atoms with Gasteiger partial charge in [0, 0.05) is 12.6 Å². The zero-order valence-electron chi connectivity index (χ0n) is 8.59. The van der Waals surface area contributed by atoms with Crippen LogP contribution in [0.2, 0.25) is 0 Å². The molecule has 0 aromatic heterocycles. The van der Waals surface area contributed by atoms with Crippen molar-refractivity contribution >= 4 is 0 Å². The Morgan fingerprint density at radius 2 is 1.83 bits per heavy atom. The van der Waals surface area contributed by atoms with Crippen molar-refractivity contribution in [3.8, 4) is 0 Å². The first kappa shape index (κ1) is 8.55. The van der Waals surface area contributed by atoms with Gasteiger partial charge in [0.05, 0.1) is 0 Å². The molecule has 2 aliphatic rings. The summed E-state index contributed by atoms with van der Waals surface area (Å²) in [4.78, 5) is 2.58. The molecule has 12 heavy (non-hydrogen) atoms. The van der Waals surface area contributed by atoms with Gasteiger partial charge in [0.2, 0.25) is 0 Å². The molecular weight excluding hydrogens is 146 g/mol. The molecule has 1 saturated carbocycles. The standard InChI is InChI=1S/C11H21N/c1-8(2)11-6-10(7-12(11)3)9-4-5-9/h8-11H,4-7H2,1-3H3. The lowest BCUT2D eigenvalue weighted by Crippen LogP contribution is -2.29. The van der Waals surface area contributed by atoms with Gasteiger partial charge in [0.15, 0.2) is 0 Å². The van der Waals surface area contributed by atoms with Crippen LogP contribution in [0.5, 0.6) is 0 Å². The van der Waals surface area contributed by atoms with Crippen molar-refractivity contribution in [1.82, 2.24) is 4.90 Å². The van der Waals surface area contributed by atoms with E-state index >= 15 is 0 Å². The number of nitrogens with zero attached hydrogens (tertiary/aromatic N) is 1. The summed E-state index contributed by atoms with van der Waals surface area (Å²) < 4.78 is 0. The van der Waals surface area contributed by atoms with Crippen molar-refractivity contribution in [2.45, 2.75) is 39.2 Å². The summed E-state index contributed by atoms with van der Waals surface area (Å²) in [6.45, 7) is 6.08. The molecule has 0 N–H and O–H groups in total.